The van der Waals surface area contributed by atoms with Gasteiger partial charge in [-0.3, -0.25) is 0 Å². The summed E-state index contributed by atoms with van der Waals surface area (Å²) in [6.07, 6.45) is -0.0705. The fraction of sp³-hybridized carbons (Fsp3) is 0.240. The van der Waals surface area contributed by atoms with Gasteiger partial charge in [-0.25, -0.2) is 13.2 Å². The topological polar surface area (TPSA) is 136 Å². The van der Waals surface area contributed by atoms with E-state index in [1.807, 2.05) is 0 Å². The van der Waals surface area contributed by atoms with Crippen LogP contribution in [0.15, 0.2) is 76.5 Å². The average molecular weight is 555 g/mol. The number of nitrogens with one attached hydrogen (secondary N) is 2. The van der Waals surface area contributed by atoms with Crippen LogP contribution in [0, 0.1) is 0 Å². The van der Waals surface area contributed by atoms with Crippen LogP contribution in [-0.4, -0.2) is 55.9 Å². The molecule has 1 atom stereocenters. The van der Waals surface area contributed by atoms with Crippen LogP contribution < -0.4 is 10.6 Å². The maximum Gasteiger partial charge on any atom is 0.337 e. The van der Waals surface area contributed by atoms with Crippen molar-refractivity contribution in [2.45, 2.75) is 22.3 Å². The number of aromatic carboxylic acids is 1. The van der Waals surface area contributed by atoms with E-state index in [2.05, 4.69) is 10.6 Å². The molecule has 0 aromatic heterocycles. The lowest BCUT2D eigenvalue weighted by Crippen LogP contribution is -2.23. The van der Waals surface area contributed by atoms with Gasteiger partial charge in [-0.1, -0.05) is 35.9 Å². The standard InChI is InChI=1S/C25H27ClN2O6S.ClH/c26-19-3-1-2-18(14-19)24(30)16-27-11-10-17-4-6-20(7-5-17)35(33,34)21-8-9-23(28-12-13-29)22(15-21)25(31)32;/h1-9,14-15,24,27-30H,10-13,16H2,(H,31,32);1H/t24-;/m1./s1. The lowest BCUT2D eigenvalue weighted by molar-refractivity contribution is 0.0697. The molecule has 3 aromatic rings. The van der Waals surface area contributed by atoms with Crippen LogP contribution >= 0.6 is 24.0 Å². The third-order valence-corrected chi connectivity index (χ3v) is 7.36. The Hall–Kier alpha value is -2.66. The summed E-state index contributed by atoms with van der Waals surface area (Å²) in [5.41, 5.74) is 1.67. The summed E-state index contributed by atoms with van der Waals surface area (Å²) in [5.74, 6) is -1.27. The minimum atomic E-state index is -3.92. The van der Waals surface area contributed by atoms with Gasteiger partial charge in [-0.05, 0) is 66.6 Å². The van der Waals surface area contributed by atoms with Crippen LogP contribution in [-0.2, 0) is 16.3 Å². The van der Waals surface area contributed by atoms with Crippen molar-refractivity contribution in [1.29, 1.82) is 0 Å². The third-order valence-electron chi connectivity index (χ3n) is 5.35. The molecule has 0 saturated carbocycles. The Morgan fingerprint density at radius 3 is 2.31 bits per heavy atom. The molecule has 194 valence electrons. The van der Waals surface area contributed by atoms with Gasteiger partial charge in [0.05, 0.1) is 28.1 Å². The molecule has 0 heterocycles. The van der Waals surface area contributed by atoms with Gasteiger partial charge in [0.15, 0.2) is 0 Å². The van der Waals surface area contributed by atoms with E-state index in [0.29, 0.717) is 24.5 Å². The first-order valence-corrected chi connectivity index (χ1v) is 12.8. The Morgan fingerprint density at radius 1 is 0.972 bits per heavy atom. The Labute approximate surface area is 221 Å². The first-order chi connectivity index (χ1) is 16.7. The second-order valence-corrected chi connectivity index (χ2v) is 10.2. The molecule has 3 rings (SSSR count). The molecule has 0 amide bonds. The van der Waals surface area contributed by atoms with Crippen LogP contribution in [0.2, 0.25) is 5.02 Å². The number of carboxylic acids is 1. The SMILES string of the molecule is Cl.O=C(O)c1cc(S(=O)(=O)c2ccc(CCNC[C@@H](O)c3cccc(Cl)c3)cc2)ccc1NCCO. The molecule has 8 nitrogen and oxygen atoms in total. The van der Waals surface area contributed by atoms with E-state index in [9.17, 15) is 23.4 Å². The summed E-state index contributed by atoms with van der Waals surface area (Å²) in [4.78, 5) is 11.5. The second kappa shape index (κ2) is 13.6. The molecule has 0 aliphatic heterocycles. The Balaban J connectivity index is 0.00000456. The van der Waals surface area contributed by atoms with Gasteiger partial charge < -0.3 is 26.0 Å². The van der Waals surface area contributed by atoms with Crippen LogP contribution in [0.1, 0.15) is 27.6 Å². The van der Waals surface area contributed by atoms with Crippen molar-refractivity contribution in [2.75, 3.05) is 31.6 Å². The normalized spacial score (nSPS) is 12.0. The lowest BCUT2D eigenvalue weighted by Gasteiger charge is -2.13. The number of hydrogen-bond donors (Lipinski definition) is 5. The van der Waals surface area contributed by atoms with Crippen LogP contribution in [0.5, 0.6) is 0 Å². The number of carbonyl (C=O) groups is 1. The summed E-state index contributed by atoms with van der Waals surface area (Å²) in [6, 6.07) is 17.3. The highest BCUT2D eigenvalue weighted by Crippen LogP contribution is 2.26. The first-order valence-electron chi connectivity index (χ1n) is 10.9. The van der Waals surface area contributed by atoms with Crippen molar-refractivity contribution >= 4 is 45.5 Å². The zero-order chi connectivity index (χ0) is 25.4. The second-order valence-electron chi connectivity index (χ2n) is 7.84. The summed E-state index contributed by atoms with van der Waals surface area (Å²) >= 11 is 5.95. The van der Waals surface area contributed by atoms with Crippen LogP contribution in [0.25, 0.3) is 0 Å². The quantitative estimate of drug-likeness (QED) is 0.214. The summed E-state index contributed by atoms with van der Waals surface area (Å²) < 4.78 is 26.1. The minimum Gasteiger partial charge on any atom is -0.478 e. The third kappa shape index (κ3) is 7.67. The van der Waals surface area contributed by atoms with E-state index >= 15 is 0 Å². The number of aliphatic hydroxyl groups excluding tert-OH is 2. The van der Waals surface area contributed by atoms with Crippen molar-refractivity contribution in [3.8, 4) is 0 Å². The van der Waals surface area contributed by atoms with Gasteiger partial charge in [0.1, 0.15) is 0 Å². The zero-order valence-electron chi connectivity index (χ0n) is 19.2. The Kier molecular flexibility index (Phi) is 11.2. The highest BCUT2D eigenvalue weighted by Gasteiger charge is 2.21. The van der Waals surface area contributed by atoms with E-state index in [4.69, 9.17) is 16.7 Å². The molecule has 0 unspecified atom stereocenters. The fourth-order valence-electron chi connectivity index (χ4n) is 3.49. The molecule has 11 heteroatoms. The summed E-state index contributed by atoms with van der Waals surface area (Å²) in [6.45, 7) is 0.877. The minimum absolute atomic E-state index is 0. The maximum atomic E-state index is 13.0. The molecule has 0 bridgehead atoms. The highest BCUT2D eigenvalue weighted by atomic mass is 35.5. The largest absolute Gasteiger partial charge is 0.478 e. The lowest BCUT2D eigenvalue weighted by atomic mass is 10.1. The molecule has 0 spiro atoms. The van der Waals surface area contributed by atoms with E-state index in [1.165, 1.54) is 24.3 Å². The number of anilines is 1. The van der Waals surface area contributed by atoms with Crippen molar-refractivity contribution < 1.29 is 28.5 Å². The maximum absolute atomic E-state index is 13.0. The molecular formula is C25H28Cl2N2O6S. The van der Waals surface area contributed by atoms with Crippen molar-refractivity contribution in [2.24, 2.45) is 0 Å². The van der Waals surface area contributed by atoms with Gasteiger partial charge in [0.2, 0.25) is 9.84 Å². The molecule has 0 fully saturated rings. The van der Waals surface area contributed by atoms with Crippen molar-refractivity contribution in [3.05, 3.63) is 88.4 Å². The van der Waals surface area contributed by atoms with Crippen LogP contribution in [0.3, 0.4) is 0 Å². The van der Waals surface area contributed by atoms with Gasteiger partial charge >= 0.3 is 5.97 Å². The summed E-state index contributed by atoms with van der Waals surface area (Å²) in [7, 11) is -3.92. The van der Waals surface area contributed by atoms with E-state index in [0.717, 1.165) is 17.2 Å². The Morgan fingerprint density at radius 2 is 1.67 bits per heavy atom. The van der Waals surface area contributed by atoms with Crippen LogP contribution in [0.4, 0.5) is 5.69 Å². The highest BCUT2D eigenvalue weighted by molar-refractivity contribution is 7.91. The van der Waals surface area contributed by atoms with Crippen molar-refractivity contribution in [1.82, 2.24) is 5.32 Å². The van der Waals surface area contributed by atoms with Gasteiger partial charge in [-0.2, -0.15) is 0 Å². The molecule has 0 radical (unpaired) electrons. The molecule has 0 aliphatic rings. The number of sulfone groups is 1. The number of carboxylic acid groups (broad SMARTS) is 1. The zero-order valence-corrected chi connectivity index (χ0v) is 21.6. The van der Waals surface area contributed by atoms with E-state index in [-0.39, 0.29) is 46.6 Å². The monoisotopic (exact) mass is 554 g/mol. The number of hydrogen-bond acceptors (Lipinski definition) is 7. The van der Waals surface area contributed by atoms with E-state index < -0.39 is 21.9 Å². The number of benzene rings is 3. The van der Waals surface area contributed by atoms with E-state index in [1.54, 1.807) is 36.4 Å². The molecule has 0 aliphatic carbocycles. The number of halogens is 2. The average Bonchev–Trinajstić information content (AvgIpc) is 2.85. The molecular weight excluding hydrogens is 527 g/mol. The molecule has 36 heavy (non-hydrogen) atoms. The smallest absolute Gasteiger partial charge is 0.337 e. The van der Waals surface area contributed by atoms with Gasteiger partial charge in [-0.15, -0.1) is 12.4 Å². The molecule has 5 N–H and O–H groups in total. The number of rotatable bonds is 12. The van der Waals surface area contributed by atoms with Crippen molar-refractivity contribution in [3.63, 3.8) is 0 Å². The predicted octanol–water partition coefficient (Wildman–Crippen LogP) is 3.56. The first kappa shape index (κ1) is 29.6. The Bertz CT molecular complexity index is 1270. The predicted molar refractivity (Wildman–Crippen MR) is 141 cm³/mol. The number of aliphatic hydroxyl groups is 2. The fourth-order valence-corrected chi connectivity index (χ4v) is 4.97. The molecule has 3 aromatic carbocycles. The summed E-state index contributed by atoms with van der Waals surface area (Å²) in [5, 5.41) is 35.1. The molecule has 0 saturated heterocycles. The van der Waals surface area contributed by atoms with Gasteiger partial charge in [0.25, 0.3) is 0 Å². The van der Waals surface area contributed by atoms with Gasteiger partial charge in [0, 0.05) is 23.8 Å².